The molecule has 1 saturated heterocycles. The van der Waals surface area contributed by atoms with Crippen molar-refractivity contribution in [3.8, 4) is 5.75 Å². The third kappa shape index (κ3) is 3.76. The van der Waals surface area contributed by atoms with Crippen LogP contribution in [0.2, 0.25) is 0 Å². The smallest absolute Gasteiger partial charge is 0.387 e. The average Bonchev–Trinajstić information content (AvgIpc) is 3.02. The van der Waals surface area contributed by atoms with E-state index in [4.69, 9.17) is 0 Å². The van der Waals surface area contributed by atoms with Crippen molar-refractivity contribution in [3.63, 3.8) is 0 Å². The van der Waals surface area contributed by atoms with Crippen molar-refractivity contribution in [2.45, 2.75) is 38.3 Å². The van der Waals surface area contributed by atoms with Gasteiger partial charge in [-0.05, 0) is 36.5 Å². The zero-order valence-corrected chi connectivity index (χ0v) is 12.8. The number of piperazine rings is 1. The number of alkyl halides is 2. The molecule has 0 spiro atoms. The van der Waals surface area contributed by atoms with E-state index in [0.29, 0.717) is 12.0 Å². The van der Waals surface area contributed by atoms with Crippen molar-refractivity contribution in [3.05, 3.63) is 29.8 Å². The number of halogens is 2. The number of benzene rings is 1. The van der Waals surface area contributed by atoms with Crippen LogP contribution in [0.1, 0.15) is 37.3 Å². The number of rotatable bonds is 5. The molecule has 1 aromatic rings. The van der Waals surface area contributed by atoms with E-state index in [2.05, 4.69) is 21.0 Å². The third-order valence-electron chi connectivity index (χ3n) is 4.82. The molecule has 0 amide bonds. The van der Waals surface area contributed by atoms with E-state index in [1.807, 2.05) is 6.07 Å². The summed E-state index contributed by atoms with van der Waals surface area (Å²) in [4.78, 5) is 2.51. The highest BCUT2D eigenvalue weighted by atomic mass is 19.3. The van der Waals surface area contributed by atoms with Gasteiger partial charge in [0.05, 0.1) is 0 Å². The van der Waals surface area contributed by atoms with E-state index in [1.54, 1.807) is 12.1 Å². The first-order chi connectivity index (χ1) is 10.7. The van der Waals surface area contributed by atoms with Crippen molar-refractivity contribution in [2.75, 3.05) is 26.2 Å². The van der Waals surface area contributed by atoms with Gasteiger partial charge >= 0.3 is 6.61 Å². The Labute approximate surface area is 130 Å². The van der Waals surface area contributed by atoms with E-state index < -0.39 is 6.61 Å². The normalized spacial score (nSPS) is 22.1. The van der Waals surface area contributed by atoms with E-state index >= 15 is 0 Å². The van der Waals surface area contributed by atoms with Crippen LogP contribution in [-0.2, 0) is 0 Å². The van der Waals surface area contributed by atoms with Gasteiger partial charge in [-0.1, -0.05) is 25.0 Å². The monoisotopic (exact) mass is 310 g/mol. The van der Waals surface area contributed by atoms with Crippen LogP contribution in [0.3, 0.4) is 0 Å². The molecule has 1 N–H and O–H groups in total. The second-order valence-electron chi connectivity index (χ2n) is 6.23. The van der Waals surface area contributed by atoms with Gasteiger partial charge in [0.25, 0.3) is 0 Å². The fraction of sp³-hybridized carbons (Fsp3) is 0.647. The maximum absolute atomic E-state index is 12.5. The molecule has 1 heterocycles. The van der Waals surface area contributed by atoms with Crippen LogP contribution in [0.4, 0.5) is 8.78 Å². The van der Waals surface area contributed by atoms with Gasteiger partial charge in [0.1, 0.15) is 5.75 Å². The van der Waals surface area contributed by atoms with Gasteiger partial charge in [0, 0.05) is 32.2 Å². The lowest BCUT2D eigenvalue weighted by atomic mass is 9.89. The Hall–Kier alpha value is -1.20. The molecule has 3 rings (SSSR count). The Morgan fingerprint density at radius 1 is 1.14 bits per heavy atom. The Balaban J connectivity index is 1.83. The fourth-order valence-corrected chi connectivity index (χ4v) is 3.89. The molecule has 122 valence electrons. The third-order valence-corrected chi connectivity index (χ3v) is 4.82. The summed E-state index contributed by atoms with van der Waals surface area (Å²) >= 11 is 0. The minimum absolute atomic E-state index is 0.269. The van der Waals surface area contributed by atoms with Gasteiger partial charge < -0.3 is 10.1 Å². The highest BCUT2D eigenvalue weighted by Crippen LogP contribution is 2.40. The summed E-state index contributed by atoms with van der Waals surface area (Å²) in [5.41, 5.74) is 1.12. The van der Waals surface area contributed by atoms with Gasteiger partial charge in [0.15, 0.2) is 0 Å². The van der Waals surface area contributed by atoms with Crippen LogP contribution in [-0.4, -0.2) is 37.7 Å². The minimum atomic E-state index is -2.76. The summed E-state index contributed by atoms with van der Waals surface area (Å²) in [6, 6.07) is 7.63. The molecule has 5 heteroatoms. The summed E-state index contributed by atoms with van der Waals surface area (Å²) in [5, 5.41) is 3.38. The number of ether oxygens (including phenoxy) is 1. The highest BCUT2D eigenvalue weighted by Gasteiger charge is 2.32. The fourth-order valence-electron chi connectivity index (χ4n) is 3.89. The van der Waals surface area contributed by atoms with Crippen molar-refractivity contribution in [2.24, 2.45) is 5.92 Å². The molecule has 22 heavy (non-hydrogen) atoms. The van der Waals surface area contributed by atoms with Crippen molar-refractivity contribution in [1.29, 1.82) is 0 Å². The van der Waals surface area contributed by atoms with Crippen LogP contribution < -0.4 is 10.1 Å². The summed E-state index contributed by atoms with van der Waals surface area (Å²) < 4.78 is 29.5. The van der Waals surface area contributed by atoms with E-state index in [0.717, 1.165) is 31.7 Å². The number of nitrogens with one attached hydrogen (secondary N) is 1. The van der Waals surface area contributed by atoms with Gasteiger partial charge in [0.2, 0.25) is 0 Å². The quantitative estimate of drug-likeness (QED) is 0.902. The van der Waals surface area contributed by atoms with Crippen molar-refractivity contribution < 1.29 is 13.5 Å². The standard InChI is InChI=1S/C17H24F2N2O/c18-17(19)22-15-7-3-6-14(12-15)16(13-4-1-2-5-13)21-10-8-20-9-11-21/h3,6-7,12-13,16-17,20H,1-2,4-5,8-11H2/t16-/m1/s1. The second kappa shape index (κ2) is 7.38. The summed E-state index contributed by atoms with van der Waals surface area (Å²) in [6.45, 7) is 1.26. The molecule has 0 aromatic heterocycles. The number of hydrogen-bond acceptors (Lipinski definition) is 3. The Kier molecular flexibility index (Phi) is 5.26. The van der Waals surface area contributed by atoms with E-state index in [-0.39, 0.29) is 5.75 Å². The molecule has 1 aliphatic heterocycles. The summed E-state index contributed by atoms with van der Waals surface area (Å²) in [6.07, 6.45) is 5.02. The van der Waals surface area contributed by atoms with Crippen LogP contribution >= 0.6 is 0 Å². The average molecular weight is 310 g/mol. The molecule has 0 radical (unpaired) electrons. The number of hydrogen-bond donors (Lipinski definition) is 1. The minimum Gasteiger partial charge on any atom is -0.435 e. The molecule has 0 bridgehead atoms. The van der Waals surface area contributed by atoms with E-state index in [1.165, 1.54) is 25.7 Å². The Morgan fingerprint density at radius 2 is 1.86 bits per heavy atom. The van der Waals surface area contributed by atoms with Gasteiger partial charge in [-0.25, -0.2) is 0 Å². The Morgan fingerprint density at radius 3 is 2.55 bits per heavy atom. The topological polar surface area (TPSA) is 24.5 Å². The summed E-state index contributed by atoms with van der Waals surface area (Å²) in [5.74, 6) is 0.894. The maximum Gasteiger partial charge on any atom is 0.387 e. The first-order valence-corrected chi connectivity index (χ1v) is 8.23. The molecule has 3 nitrogen and oxygen atoms in total. The predicted molar refractivity (Wildman–Crippen MR) is 82.2 cm³/mol. The second-order valence-corrected chi connectivity index (χ2v) is 6.23. The van der Waals surface area contributed by atoms with Gasteiger partial charge in [-0.2, -0.15) is 8.78 Å². The molecule has 1 saturated carbocycles. The van der Waals surface area contributed by atoms with Crippen molar-refractivity contribution in [1.82, 2.24) is 10.2 Å². The van der Waals surface area contributed by atoms with E-state index in [9.17, 15) is 8.78 Å². The first-order valence-electron chi connectivity index (χ1n) is 8.23. The Bertz CT molecular complexity index is 471. The molecule has 2 fully saturated rings. The molecule has 1 aromatic carbocycles. The van der Waals surface area contributed by atoms with Crippen LogP contribution in [0.15, 0.2) is 24.3 Å². The van der Waals surface area contributed by atoms with Crippen molar-refractivity contribution >= 4 is 0 Å². The highest BCUT2D eigenvalue weighted by molar-refractivity contribution is 5.31. The zero-order chi connectivity index (χ0) is 15.4. The lowest BCUT2D eigenvalue weighted by Crippen LogP contribution is -2.46. The van der Waals surface area contributed by atoms with Gasteiger partial charge in [-0.15, -0.1) is 0 Å². The van der Waals surface area contributed by atoms with Gasteiger partial charge in [-0.3, -0.25) is 4.90 Å². The molecule has 2 aliphatic rings. The SMILES string of the molecule is FC(F)Oc1cccc([C@@H](C2CCCC2)N2CCNCC2)c1. The molecule has 0 unspecified atom stereocenters. The number of nitrogens with zero attached hydrogens (tertiary/aromatic N) is 1. The van der Waals surface area contributed by atoms with Crippen LogP contribution in [0.5, 0.6) is 5.75 Å². The molecular weight excluding hydrogens is 286 g/mol. The molecule has 1 atom stereocenters. The van der Waals surface area contributed by atoms with Crippen LogP contribution in [0.25, 0.3) is 0 Å². The van der Waals surface area contributed by atoms with Crippen LogP contribution in [0, 0.1) is 5.92 Å². The zero-order valence-electron chi connectivity index (χ0n) is 12.8. The summed E-state index contributed by atoms with van der Waals surface area (Å²) in [7, 11) is 0. The maximum atomic E-state index is 12.5. The predicted octanol–water partition coefficient (Wildman–Crippen LogP) is 3.42. The lowest BCUT2D eigenvalue weighted by Gasteiger charge is -2.38. The largest absolute Gasteiger partial charge is 0.435 e. The molecule has 1 aliphatic carbocycles. The molecular formula is C17H24F2N2O. The first kappa shape index (κ1) is 15.7. The lowest BCUT2D eigenvalue weighted by molar-refractivity contribution is -0.0499.